The minimum atomic E-state index is -0.326. The third-order valence-corrected chi connectivity index (χ3v) is 4.49. The van der Waals surface area contributed by atoms with E-state index >= 15 is 0 Å². The molecule has 0 heterocycles. The van der Waals surface area contributed by atoms with Crippen LogP contribution in [0.25, 0.3) is 37.9 Å². The minimum Gasteiger partial charge on any atom is -0.466 e. The number of allylic oxidation sites excluding steroid dienone is 1. The fraction of sp³-hybridized carbons (Fsp3) is 0.0952. The van der Waals surface area contributed by atoms with Crippen molar-refractivity contribution in [1.82, 2.24) is 0 Å². The molecule has 0 atom stereocenters. The molecule has 2 heteroatoms. The van der Waals surface area contributed by atoms with Crippen LogP contribution in [0.15, 0.2) is 60.7 Å². The van der Waals surface area contributed by atoms with E-state index in [-0.39, 0.29) is 5.97 Å². The van der Waals surface area contributed by atoms with E-state index in [9.17, 15) is 4.79 Å². The summed E-state index contributed by atoms with van der Waals surface area (Å²) >= 11 is 0. The first-order chi connectivity index (χ1) is 11.2. The standard InChI is InChI=1S/C21H16O2/c1-13(12-19(22)23-2)17-10-8-16-7-6-14-4-3-5-15-9-11-18(17)21(16)20(14)15/h3-12H,1-2H3/b13-12-. The van der Waals surface area contributed by atoms with Gasteiger partial charge in [0.25, 0.3) is 0 Å². The molecule has 4 aromatic rings. The Labute approximate surface area is 134 Å². The van der Waals surface area contributed by atoms with Crippen LogP contribution in [0.5, 0.6) is 0 Å². The molecule has 0 aliphatic carbocycles. The Kier molecular flexibility index (Phi) is 3.05. The average molecular weight is 300 g/mol. The summed E-state index contributed by atoms with van der Waals surface area (Å²) in [5.74, 6) is -0.326. The second-order valence-electron chi connectivity index (χ2n) is 5.82. The Balaban J connectivity index is 2.11. The molecular weight excluding hydrogens is 284 g/mol. The van der Waals surface area contributed by atoms with Gasteiger partial charge < -0.3 is 4.74 Å². The van der Waals surface area contributed by atoms with Gasteiger partial charge in [0.15, 0.2) is 0 Å². The van der Waals surface area contributed by atoms with Crippen molar-refractivity contribution in [1.29, 1.82) is 0 Å². The maximum absolute atomic E-state index is 11.6. The van der Waals surface area contributed by atoms with Gasteiger partial charge in [-0.25, -0.2) is 4.79 Å². The van der Waals surface area contributed by atoms with E-state index in [2.05, 4.69) is 54.6 Å². The molecule has 0 aromatic heterocycles. The zero-order valence-corrected chi connectivity index (χ0v) is 13.1. The fourth-order valence-corrected chi connectivity index (χ4v) is 3.39. The third kappa shape index (κ3) is 2.07. The van der Waals surface area contributed by atoms with Crippen molar-refractivity contribution in [3.8, 4) is 0 Å². The molecule has 4 aromatic carbocycles. The van der Waals surface area contributed by atoms with Crippen molar-refractivity contribution in [3.05, 3.63) is 66.2 Å². The molecule has 0 fully saturated rings. The molecule has 112 valence electrons. The zero-order chi connectivity index (χ0) is 16.0. The molecule has 0 spiro atoms. The van der Waals surface area contributed by atoms with Crippen LogP contribution >= 0.6 is 0 Å². The summed E-state index contributed by atoms with van der Waals surface area (Å²) in [5.41, 5.74) is 1.98. The van der Waals surface area contributed by atoms with E-state index in [4.69, 9.17) is 4.74 Å². The summed E-state index contributed by atoms with van der Waals surface area (Å²) in [4.78, 5) is 11.6. The Morgan fingerprint density at radius 2 is 1.48 bits per heavy atom. The van der Waals surface area contributed by atoms with E-state index in [1.807, 2.05) is 6.92 Å². The predicted octanol–water partition coefficient (Wildman–Crippen LogP) is 5.16. The summed E-state index contributed by atoms with van der Waals surface area (Å²) in [6.45, 7) is 1.95. The number of carbonyl (C=O) groups is 1. The molecular formula is C21H16O2. The topological polar surface area (TPSA) is 26.3 Å². The molecule has 0 N–H and O–H groups in total. The second kappa shape index (κ2) is 5.10. The Morgan fingerprint density at radius 1 is 0.870 bits per heavy atom. The van der Waals surface area contributed by atoms with Crippen LogP contribution in [0, 0.1) is 0 Å². The molecule has 2 nitrogen and oxygen atoms in total. The van der Waals surface area contributed by atoms with Gasteiger partial charge in [-0.3, -0.25) is 0 Å². The largest absolute Gasteiger partial charge is 0.466 e. The van der Waals surface area contributed by atoms with Crippen molar-refractivity contribution in [2.75, 3.05) is 7.11 Å². The number of hydrogen-bond donors (Lipinski definition) is 0. The van der Waals surface area contributed by atoms with E-state index < -0.39 is 0 Å². The average Bonchev–Trinajstić information content (AvgIpc) is 2.59. The van der Waals surface area contributed by atoms with Gasteiger partial charge in [0.05, 0.1) is 7.11 Å². The monoisotopic (exact) mass is 300 g/mol. The lowest BCUT2D eigenvalue weighted by Gasteiger charge is -2.14. The van der Waals surface area contributed by atoms with Gasteiger partial charge in [0, 0.05) is 6.08 Å². The lowest BCUT2D eigenvalue weighted by Crippen LogP contribution is -1.96. The normalized spacial score (nSPS) is 12.3. The van der Waals surface area contributed by atoms with Gasteiger partial charge in [-0.15, -0.1) is 0 Å². The molecule has 23 heavy (non-hydrogen) atoms. The van der Waals surface area contributed by atoms with Crippen molar-refractivity contribution in [3.63, 3.8) is 0 Å². The summed E-state index contributed by atoms with van der Waals surface area (Å²) in [6.07, 6.45) is 1.55. The van der Waals surface area contributed by atoms with Gasteiger partial charge in [0.1, 0.15) is 0 Å². The quantitative estimate of drug-likeness (QED) is 0.290. The predicted molar refractivity (Wildman–Crippen MR) is 95.8 cm³/mol. The van der Waals surface area contributed by atoms with Crippen LogP contribution in [-0.2, 0) is 9.53 Å². The molecule has 0 bridgehead atoms. The number of hydrogen-bond acceptors (Lipinski definition) is 2. The number of rotatable bonds is 2. The molecule has 0 saturated heterocycles. The smallest absolute Gasteiger partial charge is 0.330 e. The first-order valence-electron chi connectivity index (χ1n) is 7.62. The van der Waals surface area contributed by atoms with Crippen LogP contribution in [-0.4, -0.2) is 13.1 Å². The highest BCUT2D eigenvalue weighted by atomic mass is 16.5. The van der Waals surface area contributed by atoms with Gasteiger partial charge in [-0.1, -0.05) is 54.6 Å². The molecule has 0 unspecified atom stereocenters. The molecule has 0 aliphatic heterocycles. The number of carbonyl (C=O) groups excluding carboxylic acids is 1. The van der Waals surface area contributed by atoms with E-state index in [0.29, 0.717) is 0 Å². The Hall–Kier alpha value is -2.87. The van der Waals surface area contributed by atoms with Gasteiger partial charge >= 0.3 is 5.97 Å². The van der Waals surface area contributed by atoms with Crippen molar-refractivity contribution in [2.24, 2.45) is 0 Å². The summed E-state index contributed by atoms with van der Waals surface area (Å²) in [6, 6.07) is 19.2. The summed E-state index contributed by atoms with van der Waals surface area (Å²) in [5, 5.41) is 7.43. The Morgan fingerprint density at radius 3 is 2.17 bits per heavy atom. The van der Waals surface area contributed by atoms with Crippen LogP contribution in [0.4, 0.5) is 0 Å². The van der Waals surface area contributed by atoms with Crippen LogP contribution in [0.2, 0.25) is 0 Å². The number of ether oxygens (including phenoxy) is 1. The van der Waals surface area contributed by atoms with E-state index in [1.165, 1.54) is 39.4 Å². The van der Waals surface area contributed by atoms with Gasteiger partial charge in [0.2, 0.25) is 0 Å². The molecule has 0 saturated carbocycles. The second-order valence-corrected chi connectivity index (χ2v) is 5.82. The maximum atomic E-state index is 11.6. The highest BCUT2D eigenvalue weighted by molar-refractivity contribution is 6.24. The van der Waals surface area contributed by atoms with Crippen LogP contribution in [0.3, 0.4) is 0 Å². The van der Waals surface area contributed by atoms with Crippen molar-refractivity contribution in [2.45, 2.75) is 6.92 Å². The Bertz CT molecular complexity index is 1060. The molecule has 4 rings (SSSR count). The van der Waals surface area contributed by atoms with E-state index in [0.717, 1.165) is 11.1 Å². The first kappa shape index (κ1) is 13.8. The summed E-state index contributed by atoms with van der Waals surface area (Å²) < 4.78 is 4.75. The SMILES string of the molecule is COC(=O)/C=C(/C)c1ccc2ccc3cccc4ccc1c2c34. The molecule has 0 aliphatic rings. The van der Waals surface area contributed by atoms with Crippen LogP contribution < -0.4 is 0 Å². The third-order valence-electron chi connectivity index (χ3n) is 4.49. The summed E-state index contributed by atoms with van der Waals surface area (Å²) in [7, 11) is 1.40. The fourth-order valence-electron chi connectivity index (χ4n) is 3.39. The highest BCUT2D eigenvalue weighted by Gasteiger charge is 2.11. The van der Waals surface area contributed by atoms with Crippen molar-refractivity contribution < 1.29 is 9.53 Å². The van der Waals surface area contributed by atoms with E-state index in [1.54, 1.807) is 6.08 Å². The lowest BCUT2D eigenvalue weighted by molar-refractivity contribution is -0.134. The highest BCUT2D eigenvalue weighted by Crippen LogP contribution is 2.37. The lowest BCUT2D eigenvalue weighted by atomic mass is 9.90. The molecule has 0 amide bonds. The number of esters is 1. The number of methoxy groups -OCH3 is 1. The zero-order valence-electron chi connectivity index (χ0n) is 13.1. The van der Waals surface area contributed by atoms with Crippen LogP contribution in [0.1, 0.15) is 12.5 Å². The maximum Gasteiger partial charge on any atom is 0.330 e. The minimum absolute atomic E-state index is 0.326. The van der Waals surface area contributed by atoms with Gasteiger partial charge in [-0.2, -0.15) is 0 Å². The molecule has 0 radical (unpaired) electrons. The number of benzene rings is 4. The first-order valence-corrected chi connectivity index (χ1v) is 7.62. The van der Waals surface area contributed by atoms with Gasteiger partial charge in [-0.05, 0) is 50.4 Å². The van der Waals surface area contributed by atoms with Crippen molar-refractivity contribution >= 4 is 43.9 Å².